The fourth-order valence-corrected chi connectivity index (χ4v) is 2.48. The smallest absolute Gasteiger partial charge is 0.129 e. The van der Waals surface area contributed by atoms with Crippen LogP contribution in [-0.4, -0.2) is 13.1 Å². The van der Waals surface area contributed by atoms with Gasteiger partial charge in [-0.1, -0.05) is 12.5 Å². The number of rotatable bonds is 4. The first kappa shape index (κ1) is 15.4. The molecule has 1 aromatic carbocycles. The van der Waals surface area contributed by atoms with E-state index in [2.05, 4.69) is 5.32 Å². The average Bonchev–Trinajstić information content (AvgIpc) is 2.33. The van der Waals surface area contributed by atoms with Crippen molar-refractivity contribution in [2.75, 3.05) is 13.1 Å². The molecule has 102 valence electrons. The topological polar surface area (TPSA) is 12.0 Å². The Labute approximate surface area is 113 Å². The van der Waals surface area contributed by atoms with Gasteiger partial charge in [0.15, 0.2) is 0 Å². The summed E-state index contributed by atoms with van der Waals surface area (Å²) in [6.45, 7) is 2.21. The highest BCUT2D eigenvalue weighted by molar-refractivity contribution is 5.85. The Hall–Kier alpha value is -0.670. The van der Waals surface area contributed by atoms with Gasteiger partial charge in [0.05, 0.1) is 0 Å². The molecule has 0 radical (unpaired) electrons. The quantitative estimate of drug-likeness (QED) is 0.883. The second-order valence-corrected chi connectivity index (χ2v) is 4.82. The Morgan fingerprint density at radius 3 is 2.56 bits per heavy atom. The first-order valence-corrected chi connectivity index (χ1v) is 6.40. The van der Waals surface area contributed by atoms with Crippen molar-refractivity contribution in [3.8, 4) is 0 Å². The molecule has 1 aromatic rings. The Morgan fingerprint density at radius 2 is 1.89 bits per heavy atom. The summed E-state index contributed by atoms with van der Waals surface area (Å²) in [5, 5.41) is 3.34. The van der Waals surface area contributed by atoms with Crippen LogP contribution < -0.4 is 5.32 Å². The lowest BCUT2D eigenvalue weighted by molar-refractivity contribution is 0.346. The zero-order valence-electron chi connectivity index (χ0n) is 10.4. The molecule has 1 heterocycles. The van der Waals surface area contributed by atoms with E-state index in [0.717, 1.165) is 44.3 Å². The summed E-state index contributed by atoms with van der Waals surface area (Å²) >= 11 is 0. The van der Waals surface area contributed by atoms with Gasteiger partial charge in [-0.2, -0.15) is 0 Å². The van der Waals surface area contributed by atoms with E-state index in [4.69, 9.17) is 0 Å². The van der Waals surface area contributed by atoms with E-state index in [-0.39, 0.29) is 12.4 Å². The average molecular weight is 276 g/mol. The highest BCUT2D eigenvalue weighted by atomic mass is 35.5. The fourth-order valence-electron chi connectivity index (χ4n) is 2.48. The highest BCUT2D eigenvalue weighted by Crippen LogP contribution is 2.20. The number of hydrogen-bond donors (Lipinski definition) is 1. The van der Waals surface area contributed by atoms with Gasteiger partial charge in [0.1, 0.15) is 11.6 Å². The van der Waals surface area contributed by atoms with E-state index in [1.54, 1.807) is 6.07 Å². The number of benzene rings is 1. The molecule has 1 aliphatic heterocycles. The molecular formula is C14H20ClF2N. The number of nitrogens with one attached hydrogen (secondary N) is 1. The van der Waals surface area contributed by atoms with E-state index < -0.39 is 11.6 Å². The number of piperidine rings is 1. The van der Waals surface area contributed by atoms with Crippen LogP contribution in [0.2, 0.25) is 0 Å². The molecule has 0 spiro atoms. The standard InChI is InChI=1S/C14H19F2N.ClH/c15-13-5-4-12(14(16)10-13)3-1-2-11-6-8-17-9-7-11;/h4-5,10-11,17H,1-3,6-9H2;1H. The lowest BCUT2D eigenvalue weighted by Crippen LogP contribution is -2.27. The lowest BCUT2D eigenvalue weighted by atomic mass is 9.91. The summed E-state index contributed by atoms with van der Waals surface area (Å²) in [7, 11) is 0. The molecule has 0 bridgehead atoms. The fraction of sp³-hybridized carbons (Fsp3) is 0.571. The van der Waals surface area contributed by atoms with Crippen LogP contribution in [0.5, 0.6) is 0 Å². The molecule has 1 aliphatic rings. The normalized spacial score (nSPS) is 16.3. The Balaban J connectivity index is 0.00000162. The highest BCUT2D eigenvalue weighted by Gasteiger charge is 2.12. The minimum absolute atomic E-state index is 0. The molecule has 0 unspecified atom stereocenters. The third-order valence-electron chi connectivity index (χ3n) is 3.53. The number of hydrogen-bond acceptors (Lipinski definition) is 1. The van der Waals surface area contributed by atoms with Crippen LogP contribution >= 0.6 is 12.4 Å². The van der Waals surface area contributed by atoms with Gasteiger partial charge in [0.25, 0.3) is 0 Å². The maximum absolute atomic E-state index is 13.4. The molecule has 1 nitrogen and oxygen atoms in total. The van der Waals surface area contributed by atoms with Gasteiger partial charge >= 0.3 is 0 Å². The van der Waals surface area contributed by atoms with E-state index in [9.17, 15) is 8.78 Å². The van der Waals surface area contributed by atoms with E-state index >= 15 is 0 Å². The zero-order chi connectivity index (χ0) is 12.1. The van der Waals surface area contributed by atoms with E-state index in [1.807, 2.05) is 0 Å². The summed E-state index contributed by atoms with van der Waals surface area (Å²) in [4.78, 5) is 0. The lowest BCUT2D eigenvalue weighted by Gasteiger charge is -2.22. The largest absolute Gasteiger partial charge is 0.317 e. The summed E-state index contributed by atoms with van der Waals surface area (Å²) in [5.74, 6) is -0.125. The van der Waals surface area contributed by atoms with Crippen LogP contribution in [-0.2, 0) is 6.42 Å². The molecule has 0 amide bonds. The van der Waals surface area contributed by atoms with Crippen LogP contribution in [0.4, 0.5) is 8.78 Å². The minimum atomic E-state index is -0.496. The molecule has 1 saturated heterocycles. The van der Waals surface area contributed by atoms with E-state index in [0.29, 0.717) is 5.56 Å². The van der Waals surface area contributed by atoms with Gasteiger partial charge in [-0.25, -0.2) is 8.78 Å². The summed E-state index contributed by atoms with van der Waals surface area (Å²) in [6, 6.07) is 3.87. The third-order valence-corrected chi connectivity index (χ3v) is 3.53. The molecule has 0 aromatic heterocycles. The first-order valence-electron chi connectivity index (χ1n) is 6.40. The van der Waals surface area contributed by atoms with Gasteiger partial charge in [-0.05, 0) is 56.3 Å². The Kier molecular flexibility index (Phi) is 6.58. The van der Waals surface area contributed by atoms with Crippen LogP contribution in [0, 0.1) is 17.6 Å². The first-order chi connectivity index (χ1) is 8.25. The predicted molar refractivity (Wildman–Crippen MR) is 72.1 cm³/mol. The second-order valence-electron chi connectivity index (χ2n) is 4.82. The van der Waals surface area contributed by atoms with Gasteiger partial charge in [-0.3, -0.25) is 0 Å². The van der Waals surface area contributed by atoms with Gasteiger partial charge in [0, 0.05) is 6.07 Å². The van der Waals surface area contributed by atoms with Crippen LogP contribution in [0.1, 0.15) is 31.2 Å². The van der Waals surface area contributed by atoms with Gasteiger partial charge < -0.3 is 5.32 Å². The van der Waals surface area contributed by atoms with Crippen molar-refractivity contribution in [1.82, 2.24) is 5.32 Å². The molecule has 4 heteroatoms. The molecule has 1 N–H and O–H groups in total. The molecule has 0 aliphatic carbocycles. The molecular weight excluding hydrogens is 256 g/mol. The maximum Gasteiger partial charge on any atom is 0.129 e. The number of aryl methyl sites for hydroxylation is 1. The molecule has 1 fully saturated rings. The van der Waals surface area contributed by atoms with Crippen LogP contribution in [0.15, 0.2) is 18.2 Å². The van der Waals surface area contributed by atoms with Gasteiger partial charge in [-0.15, -0.1) is 12.4 Å². The molecule has 2 rings (SSSR count). The SMILES string of the molecule is Cl.Fc1ccc(CCCC2CCNCC2)c(F)c1. The monoisotopic (exact) mass is 275 g/mol. The van der Waals surface area contributed by atoms with Crippen LogP contribution in [0.3, 0.4) is 0 Å². The van der Waals surface area contributed by atoms with Crippen molar-refractivity contribution in [3.63, 3.8) is 0 Å². The molecule has 0 saturated carbocycles. The van der Waals surface area contributed by atoms with Crippen molar-refractivity contribution in [3.05, 3.63) is 35.4 Å². The van der Waals surface area contributed by atoms with Crippen molar-refractivity contribution in [1.29, 1.82) is 0 Å². The summed E-state index contributed by atoms with van der Waals surface area (Å²) in [5.41, 5.74) is 0.639. The second kappa shape index (κ2) is 7.70. The number of halogens is 3. The predicted octanol–water partition coefficient (Wildman–Crippen LogP) is 3.71. The Morgan fingerprint density at radius 1 is 1.17 bits per heavy atom. The third kappa shape index (κ3) is 4.54. The van der Waals surface area contributed by atoms with Crippen LogP contribution in [0.25, 0.3) is 0 Å². The van der Waals surface area contributed by atoms with E-state index in [1.165, 1.54) is 18.9 Å². The maximum atomic E-state index is 13.4. The Bertz CT molecular complexity index is 365. The minimum Gasteiger partial charge on any atom is -0.317 e. The van der Waals surface area contributed by atoms with Crippen molar-refractivity contribution < 1.29 is 8.78 Å². The zero-order valence-corrected chi connectivity index (χ0v) is 11.2. The molecule has 0 atom stereocenters. The summed E-state index contributed by atoms with van der Waals surface area (Å²) in [6.07, 6.45) is 5.32. The van der Waals surface area contributed by atoms with Gasteiger partial charge in [0.2, 0.25) is 0 Å². The molecule has 18 heavy (non-hydrogen) atoms. The van der Waals surface area contributed by atoms with Crippen molar-refractivity contribution >= 4 is 12.4 Å². The summed E-state index contributed by atoms with van der Waals surface area (Å²) < 4.78 is 26.1. The van der Waals surface area contributed by atoms with Crippen molar-refractivity contribution in [2.45, 2.75) is 32.1 Å². The van der Waals surface area contributed by atoms with Crippen molar-refractivity contribution in [2.24, 2.45) is 5.92 Å².